The van der Waals surface area contributed by atoms with Crippen molar-refractivity contribution in [2.45, 2.75) is 38.6 Å². The summed E-state index contributed by atoms with van der Waals surface area (Å²) in [5.41, 5.74) is 1.07. The highest BCUT2D eigenvalue weighted by Crippen LogP contribution is 2.29. The highest BCUT2D eigenvalue weighted by Gasteiger charge is 2.26. The summed E-state index contributed by atoms with van der Waals surface area (Å²) in [5, 5.41) is 12.4. The van der Waals surface area contributed by atoms with Gasteiger partial charge in [0.2, 0.25) is 5.95 Å². The van der Waals surface area contributed by atoms with E-state index in [0.717, 1.165) is 18.4 Å². The van der Waals surface area contributed by atoms with Gasteiger partial charge >= 0.3 is 0 Å². The van der Waals surface area contributed by atoms with Gasteiger partial charge in [-0.15, -0.1) is 0 Å². The maximum Gasteiger partial charge on any atom is 0.222 e. The highest BCUT2D eigenvalue weighted by atomic mass is 16.3. The van der Waals surface area contributed by atoms with E-state index in [-0.39, 0.29) is 6.61 Å². The van der Waals surface area contributed by atoms with Crippen molar-refractivity contribution in [3.05, 3.63) is 18.0 Å². The number of aliphatic hydroxyl groups is 1. The van der Waals surface area contributed by atoms with E-state index >= 15 is 0 Å². The molecular formula is C12H19N3O. The topological polar surface area (TPSA) is 58.0 Å². The summed E-state index contributed by atoms with van der Waals surface area (Å²) in [4.78, 5) is 8.50. The van der Waals surface area contributed by atoms with Crippen LogP contribution in [0.25, 0.3) is 0 Å². The number of aryl methyl sites for hydroxylation is 1. The number of anilines is 1. The Balaban J connectivity index is 1.95. The Kier molecular flexibility index (Phi) is 3.72. The molecule has 0 amide bonds. The van der Waals surface area contributed by atoms with E-state index in [1.165, 1.54) is 12.8 Å². The minimum Gasteiger partial charge on any atom is -0.396 e. The van der Waals surface area contributed by atoms with Crippen LogP contribution in [0.4, 0.5) is 5.95 Å². The van der Waals surface area contributed by atoms with Crippen molar-refractivity contribution >= 4 is 5.95 Å². The molecule has 0 radical (unpaired) electrons. The Bertz CT molecular complexity index is 326. The average Bonchev–Trinajstić information content (AvgIpc) is 2.70. The minimum absolute atomic E-state index is 0.275. The van der Waals surface area contributed by atoms with E-state index < -0.39 is 0 Å². The van der Waals surface area contributed by atoms with E-state index in [0.29, 0.717) is 17.9 Å². The van der Waals surface area contributed by atoms with E-state index in [2.05, 4.69) is 15.3 Å². The number of aliphatic hydroxyl groups excluding tert-OH is 1. The van der Waals surface area contributed by atoms with Gasteiger partial charge < -0.3 is 10.4 Å². The fourth-order valence-electron chi connectivity index (χ4n) is 2.37. The van der Waals surface area contributed by atoms with Gasteiger partial charge in [-0.3, -0.25) is 0 Å². The lowest BCUT2D eigenvalue weighted by Gasteiger charge is -2.19. The summed E-state index contributed by atoms with van der Waals surface area (Å²) in [7, 11) is 0. The van der Waals surface area contributed by atoms with Crippen LogP contribution in [-0.2, 0) is 0 Å². The molecule has 0 saturated heterocycles. The molecule has 2 rings (SSSR count). The second-order valence-electron chi connectivity index (χ2n) is 4.54. The smallest absolute Gasteiger partial charge is 0.222 e. The summed E-state index contributed by atoms with van der Waals surface area (Å²) in [6, 6.07) is 0.426. The molecule has 2 unspecified atom stereocenters. The van der Waals surface area contributed by atoms with Gasteiger partial charge in [-0.25, -0.2) is 9.97 Å². The SMILES string of the molecule is Cc1cnc(NC2CCCC2CCO)nc1. The normalized spacial score (nSPS) is 24.6. The first kappa shape index (κ1) is 11.3. The lowest BCUT2D eigenvalue weighted by atomic mass is 10.0. The number of hydrogen-bond acceptors (Lipinski definition) is 4. The monoisotopic (exact) mass is 221 g/mol. The molecule has 1 fully saturated rings. The molecule has 0 bridgehead atoms. The van der Waals surface area contributed by atoms with Crippen molar-refractivity contribution in [1.82, 2.24) is 9.97 Å². The Morgan fingerprint density at radius 1 is 1.38 bits per heavy atom. The first-order valence-electron chi connectivity index (χ1n) is 5.95. The Morgan fingerprint density at radius 3 is 2.81 bits per heavy atom. The van der Waals surface area contributed by atoms with Crippen LogP contribution in [0.3, 0.4) is 0 Å². The van der Waals surface area contributed by atoms with Crippen molar-refractivity contribution in [2.24, 2.45) is 5.92 Å². The molecule has 0 aromatic carbocycles. The fraction of sp³-hybridized carbons (Fsp3) is 0.667. The minimum atomic E-state index is 0.275. The molecule has 2 N–H and O–H groups in total. The lowest BCUT2D eigenvalue weighted by molar-refractivity contribution is 0.254. The molecule has 88 valence electrons. The van der Waals surface area contributed by atoms with Gasteiger partial charge in [-0.05, 0) is 37.7 Å². The fourth-order valence-corrected chi connectivity index (χ4v) is 2.37. The zero-order valence-corrected chi connectivity index (χ0v) is 9.69. The van der Waals surface area contributed by atoms with Crippen molar-refractivity contribution in [3.63, 3.8) is 0 Å². The summed E-state index contributed by atoms with van der Waals surface area (Å²) in [6.07, 6.45) is 8.11. The highest BCUT2D eigenvalue weighted by molar-refractivity contribution is 5.26. The molecule has 0 spiro atoms. The van der Waals surface area contributed by atoms with Gasteiger partial charge in [-0.1, -0.05) is 6.42 Å². The van der Waals surface area contributed by atoms with Crippen molar-refractivity contribution in [2.75, 3.05) is 11.9 Å². The summed E-state index contributed by atoms with van der Waals surface area (Å²) in [6.45, 7) is 2.26. The third-order valence-electron chi connectivity index (χ3n) is 3.25. The van der Waals surface area contributed by atoms with Crippen LogP contribution in [0.5, 0.6) is 0 Å². The van der Waals surface area contributed by atoms with E-state index in [1.54, 1.807) is 0 Å². The summed E-state index contributed by atoms with van der Waals surface area (Å²) < 4.78 is 0. The zero-order valence-electron chi connectivity index (χ0n) is 9.69. The number of hydrogen-bond donors (Lipinski definition) is 2. The van der Waals surface area contributed by atoms with E-state index in [9.17, 15) is 0 Å². The predicted molar refractivity (Wildman–Crippen MR) is 63.2 cm³/mol. The Labute approximate surface area is 96.1 Å². The van der Waals surface area contributed by atoms with Crippen molar-refractivity contribution in [1.29, 1.82) is 0 Å². The zero-order chi connectivity index (χ0) is 11.4. The molecule has 1 saturated carbocycles. The van der Waals surface area contributed by atoms with Crippen LogP contribution >= 0.6 is 0 Å². The largest absolute Gasteiger partial charge is 0.396 e. The number of nitrogens with zero attached hydrogens (tertiary/aromatic N) is 2. The molecule has 1 heterocycles. The van der Waals surface area contributed by atoms with Gasteiger partial charge in [0.25, 0.3) is 0 Å². The van der Waals surface area contributed by atoms with Crippen LogP contribution in [0.2, 0.25) is 0 Å². The van der Waals surface area contributed by atoms with Gasteiger partial charge in [0.15, 0.2) is 0 Å². The molecule has 1 aromatic rings. The second kappa shape index (κ2) is 5.25. The van der Waals surface area contributed by atoms with E-state index in [4.69, 9.17) is 5.11 Å². The maximum atomic E-state index is 8.99. The van der Waals surface area contributed by atoms with Gasteiger partial charge in [0.05, 0.1) is 0 Å². The van der Waals surface area contributed by atoms with Gasteiger partial charge in [-0.2, -0.15) is 0 Å². The molecule has 1 aliphatic carbocycles. The molecule has 2 atom stereocenters. The van der Waals surface area contributed by atoms with Gasteiger partial charge in [0, 0.05) is 25.0 Å². The summed E-state index contributed by atoms with van der Waals surface area (Å²) >= 11 is 0. The number of rotatable bonds is 4. The van der Waals surface area contributed by atoms with Crippen molar-refractivity contribution < 1.29 is 5.11 Å². The summed E-state index contributed by atoms with van der Waals surface area (Å²) in [5.74, 6) is 1.27. The molecule has 0 aliphatic heterocycles. The van der Waals surface area contributed by atoms with Crippen LogP contribution < -0.4 is 5.32 Å². The third kappa shape index (κ3) is 2.70. The molecule has 16 heavy (non-hydrogen) atoms. The predicted octanol–water partition coefficient (Wildman–Crippen LogP) is 1.75. The van der Waals surface area contributed by atoms with Gasteiger partial charge in [0.1, 0.15) is 0 Å². The van der Waals surface area contributed by atoms with Crippen LogP contribution in [-0.4, -0.2) is 27.7 Å². The van der Waals surface area contributed by atoms with Crippen molar-refractivity contribution in [3.8, 4) is 0 Å². The van der Waals surface area contributed by atoms with Crippen LogP contribution in [0, 0.1) is 12.8 Å². The number of nitrogens with one attached hydrogen (secondary N) is 1. The average molecular weight is 221 g/mol. The standard InChI is InChI=1S/C12H19N3O/c1-9-7-13-12(14-8-9)15-11-4-2-3-10(11)5-6-16/h7-8,10-11,16H,2-6H2,1H3,(H,13,14,15). The second-order valence-corrected chi connectivity index (χ2v) is 4.54. The Hall–Kier alpha value is -1.16. The molecular weight excluding hydrogens is 202 g/mol. The van der Waals surface area contributed by atoms with E-state index in [1.807, 2.05) is 19.3 Å². The first-order chi connectivity index (χ1) is 7.79. The molecule has 4 nitrogen and oxygen atoms in total. The molecule has 1 aromatic heterocycles. The first-order valence-corrected chi connectivity index (χ1v) is 5.95. The molecule has 4 heteroatoms. The lowest BCUT2D eigenvalue weighted by Crippen LogP contribution is -2.25. The van der Waals surface area contributed by atoms with Crippen LogP contribution in [0.1, 0.15) is 31.2 Å². The Morgan fingerprint density at radius 2 is 2.12 bits per heavy atom. The number of aromatic nitrogens is 2. The third-order valence-corrected chi connectivity index (χ3v) is 3.25. The quantitative estimate of drug-likeness (QED) is 0.813. The molecule has 1 aliphatic rings. The van der Waals surface area contributed by atoms with Crippen LogP contribution in [0.15, 0.2) is 12.4 Å². The maximum absolute atomic E-state index is 8.99.